The third-order valence-electron chi connectivity index (χ3n) is 6.96. The lowest BCUT2D eigenvalue weighted by Crippen LogP contribution is -2.22. The summed E-state index contributed by atoms with van der Waals surface area (Å²) in [5.74, 6) is -2.11. The summed E-state index contributed by atoms with van der Waals surface area (Å²) in [6.45, 7) is 12.1. The van der Waals surface area contributed by atoms with E-state index < -0.39 is 24.0 Å². The van der Waals surface area contributed by atoms with Gasteiger partial charge in [0.2, 0.25) is 0 Å². The maximum Gasteiger partial charge on any atom is 0.336 e. The lowest BCUT2D eigenvalue weighted by atomic mass is 9.95. The van der Waals surface area contributed by atoms with E-state index in [4.69, 9.17) is 9.47 Å². The summed E-state index contributed by atoms with van der Waals surface area (Å²) < 4.78 is 25.9. The molecule has 0 aliphatic heterocycles. The molecule has 6 heteroatoms. The first-order valence-corrected chi connectivity index (χ1v) is 14.0. The maximum absolute atomic E-state index is 15.2. The van der Waals surface area contributed by atoms with E-state index >= 15 is 4.39 Å². The minimum atomic E-state index is -1.04. The lowest BCUT2D eigenvalue weighted by Gasteiger charge is -2.19. The predicted molar refractivity (Wildman–Crippen MR) is 161 cm³/mol. The first kappa shape index (κ1) is 31.5. The van der Waals surface area contributed by atoms with E-state index in [1.807, 2.05) is 18.2 Å². The molecule has 1 N–H and O–H groups in total. The second-order valence-electron chi connectivity index (χ2n) is 10.3. The van der Waals surface area contributed by atoms with Crippen molar-refractivity contribution in [3.05, 3.63) is 108 Å². The fraction of sp³-hybridized carbons (Fsp3) is 0.314. The molecule has 3 aromatic rings. The summed E-state index contributed by atoms with van der Waals surface area (Å²) in [4.78, 5) is 24.2. The standard InChI is InChI=1S/C35H39FO5/c1-6-7-8-9-26-10-12-27(13-11-26)30-18-19-32(33(36)20-30)29-16-14-28(15-17-29)31(21-40-34(38)23(2)3)22-41-35(39)24(4)25(5)37/h10-20,25,31,37H,2,4,6-9,21-22H2,1,3,5H3. The summed E-state index contributed by atoms with van der Waals surface area (Å²) in [6.07, 6.45) is 3.58. The number of hydrogen-bond acceptors (Lipinski definition) is 5. The van der Waals surface area contributed by atoms with Crippen LogP contribution in [0, 0.1) is 5.82 Å². The van der Waals surface area contributed by atoms with Gasteiger partial charge in [0.05, 0.1) is 17.6 Å². The first-order chi connectivity index (χ1) is 19.6. The quantitative estimate of drug-likeness (QED) is 0.125. The Morgan fingerprint density at radius 2 is 1.44 bits per heavy atom. The van der Waals surface area contributed by atoms with Crippen LogP contribution in [-0.2, 0) is 25.5 Å². The lowest BCUT2D eigenvalue weighted by molar-refractivity contribution is -0.143. The molecule has 0 aromatic heterocycles. The number of benzene rings is 3. The van der Waals surface area contributed by atoms with Gasteiger partial charge in [0.1, 0.15) is 19.0 Å². The zero-order chi connectivity index (χ0) is 29.9. The number of unbranched alkanes of at least 4 members (excludes halogenated alkanes) is 2. The monoisotopic (exact) mass is 558 g/mol. The Hall–Kier alpha value is -4.03. The number of carbonyl (C=O) groups is 2. The van der Waals surface area contributed by atoms with Crippen molar-refractivity contribution in [1.82, 2.24) is 0 Å². The first-order valence-electron chi connectivity index (χ1n) is 14.0. The van der Waals surface area contributed by atoms with Crippen molar-refractivity contribution in [1.29, 1.82) is 0 Å². The molecular formula is C35H39FO5. The molecule has 41 heavy (non-hydrogen) atoms. The molecule has 216 valence electrons. The predicted octanol–water partition coefficient (Wildman–Crippen LogP) is 7.58. The Bertz CT molecular complexity index is 1360. The Morgan fingerprint density at radius 3 is 2.00 bits per heavy atom. The molecule has 0 spiro atoms. The summed E-state index contributed by atoms with van der Waals surface area (Å²) >= 11 is 0. The normalized spacial score (nSPS) is 12.3. The van der Waals surface area contributed by atoms with Gasteiger partial charge in [-0.1, -0.05) is 93.6 Å². The van der Waals surface area contributed by atoms with Gasteiger partial charge in [-0.25, -0.2) is 14.0 Å². The van der Waals surface area contributed by atoms with Crippen molar-refractivity contribution in [3.8, 4) is 22.3 Å². The highest BCUT2D eigenvalue weighted by molar-refractivity contribution is 5.88. The van der Waals surface area contributed by atoms with E-state index in [1.54, 1.807) is 43.3 Å². The van der Waals surface area contributed by atoms with Crippen LogP contribution in [0.25, 0.3) is 22.3 Å². The average molecular weight is 559 g/mol. The second kappa shape index (κ2) is 15.1. The number of aryl methyl sites for hydroxylation is 1. The zero-order valence-electron chi connectivity index (χ0n) is 24.1. The molecular weight excluding hydrogens is 519 g/mol. The summed E-state index contributed by atoms with van der Waals surface area (Å²) in [7, 11) is 0. The highest BCUT2D eigenvalue weighted by atomic mass is 19.1. The van der Waals surface area contributed by atoms with Gasteiger partial charge in [-0.2, -0.15) is 0 Å². The van der Waals surface area contributed by atoms with E-state index in [0.29, 0.717) is 11.1 Å². The number of aliphatic hydroxyl groups is 1. The summed E-state index contributed by atoms with van der Waals surface area (Å²) in [5, 5.41) is 9.59. The Balaban J connectivity index is 1.75. The third-order valence-corrected chi connectivity index (χ3v) is 6.96. The van der Waals surface area contributed by atoms with E-state index in [-0.39, 0.29) is 30.2 Å². The van der Waals surface area contributed by atoms with E-state index in [0.717, 1.165) is 23.1 Å². The highest BCUT2D eigenvalue weighted by Gasteiger charge is 2.20. The van der Waals surface area contributed by atoms with Gasteiger partial charge in [-0.15, -0.1) is 0 Å². The smallest absolute Gasteiger partial charge is 0.336 e. The maximum atomic E-state index is 15.2. The molecule has 3 rings (SSSR count). The molecule has 0 heterocycles. The van der Waals surface area contributed by atoms with Crippen LogP contribution >= 0.6 is 0 Å². The number of halogens is 1. The average Bonchev–Trinajstić information content (AvgIpc) is 2.97. The van der Waals surface area contributed by atoms with Crippen LogP contribution in [0.4, 0.5) is 4.39 Å². The number of rotatable bonds is 14. The third kappa shape index (κ3) is 8.98. The van der Waals surface area contributed by atoms with E-state index in [2.05, 4.69) is 32.2 Å². The molecule has 0 saturated heterocycles. The summed E-state index contributed by atoms with van der Waals surface area (Å²) in [6, 6.07) is 20.6. The van der Waals surface area contributed by atoms with Crippen molar-refractivity contribution in [2.75, 3.05) is 13.2 Å². The topological polar surface area (TPSA) is 72.8 Å². The Morgan fingerprint density at radius 1 is 0.854 bits per heavy atom. The van der Waals surface area contributed by atoms with Crippen molar-refractivity contribution in [3.63, 3.8) is 0 Å². The number of ether oxygens (including phenoxy) is 2. The van der Waals surface area contributed by atoms with Gasteiger partial charge in [0, 0.05) is 11.1 Å². The molecule has 3 aromatic carbocycles. The molecule has 2 unspecified atom stereocenters. The second-order valence-corrected chi connectivity index (χ2v) is 10.3. The van der Waals surface area contributed by atoms with Crippen LogP contribution in [0.1, 0.15) is 57.1 Å². The van der Waals surface area contributed by atoms with Gasteiger partial charge in [-0.05, 0) is 60.6 Å². The molecule has 5 nitrogen and oxygen atoms in total. The largest absolute Gasteiger partial charge is 0.462 e. The van der Waals surface area contributed by atoms with Crippen LogP contribution < -0.4 is 0 Å². The number of carbonyl (C=O) groups excluding carboxylic acids is 2. The molecule has 2 atom stereocenters. The molecule has 0 aliphatic carbocycles. The SMILES string of the molecule is C=C(C)C(=O)OCC(COC(=O)C(=C)C(C)O)c1ccc(-c2ccc(-c3ccc(CCCCC)cc3)cc2F)cc1. The Labute approximate surface area is 242 Å². The molecule has 0 aliphatic rings. The minimum Gasteiger partial charge on any atom is -0.462 e. The van der Waals surface area contributed by atoms with E-state index in [1.165, 1.54) is 31.7 Å². The van der Waals surface area contributed by atoms with Crippen LogP contribution in [0.15, 0.2) is 91.0 Å². The van der Waals surface area contributed by atoms with Crippen molar-refractivity contribution < 1.29 is 28.6 Å². The molecule has 0 amide bonds. The van der Waals surface area contributed by atoms with E-state index in [9.17, 15) is 14.7 Å². The highest BCUT2D eigenvalue weighted by Crippen LogP contribution is 2.30. The van der Waals surface area contributed by atoms with Gasteiger partial charge >= 0.3 is 11.9 Å². The van der Waals surface area contributed by atoms with Gasteiger partial charge in [-0.3, -0.25) is 0 Å². The fourth-order valence-electron chi connectivity index (χ4n) is 4.29. The fourth-order valence-corrected chi connectivity index (χ4v) is 4.29. The molecule has 0 saturated carbocycles. The van der Waals surface area contributed by atoms with Crippen molar-refractivity contribution >= 4 is 11.9 Å². The van der Waals surface area contributed by atoms with Gasteiger partial charge < -0.3 is 14.6 Å². The minimum absolute atomic E-state index is 0.0556. The molecule has 0 fully saturated rings. The van der Waals surface area contributed by atoms with Crippen LogP contribution in [0.3, 0.4) is 0 Å². The van der Waals surface area contributed by atoms with Gasteiger partial charge in [0.25, 0.3) is 0 Å². The molecule has 0 radical (unpaired) electrons. The van der Waals surface area contributed by atoms with Crippen LogP contribution in [0.5, 0.6) is 0 Å². The van der Waals surface area contributed by atoms with Crippen LogP contribution in [-0.4, -0.2) is 36.4 Å². The van der Waals surface area contributed by atoms with Crippen molar-refractivity contribution in [2.45, 2.75) is 58.5 Å². The number of esters is 2. The van der Waals surface area contributed by atoms with Crippen LogP contribution in [0.2, 0.25) is 0 Å². The summed E-state index contributed by atoms with van der Waals surface area (Å²) in [5.41, 5.74) is 5.11. The molecule has 0 bridgehead atoms. The number of hydrogen-bond donors (Lipinski definition) is 1. The Kier molecular flexibility index (Phi) is 11.6. The van der Waals surface area contributed by atoms with Gasteiger partial charge in [0.15, 0.2) is 0 Å². The zero-order valence-corrected chi connectivity index (χ0v) is 24.1. The number of aliphatic hydroxyl groups excluding tert-OH is 1. The van der Waals surface area contributed by atoms with Crippen molar-refractivity contribution in [2.24, 2.45) is 0 Å².